The number of Topliss-reactive ketones (excluding diaryl/α,β-unsaturated/α-hetero) is 1. The second-order valence-corrected chi connectivity index (χ2v) is 6.94. The Morgan fingerprint density at radius 1 is 1.08 bits per heavy atom. The topological polar surface area (TPSA) is 60.0 Å². The second-order valence-electron chi connectivity index (χ2n) is 6.94. The van der Waals surface area contributed by atoms with Crippen molar-refractivity contribution in [2.24, 2.45) is 0 Å². The van der Waals surface area contributed by atoms with Gasteiger partial charge in [0.15, 0.2) is 0 Å². The van der Waals surface area contributed by atoms with Crippen LogP contribution in [0.4, 0.5) is 0 Å². The Bertz CT molecular complexity index is 925. The molecule has 0 fully saturated rings. The molecule has 1 heterocycles. The van der Waals surface area contributed by atoms with E-state index in [-0.39, 0.29) is 5.78 Å². The van der Waals surface area contributed by atoms with Crippen LogP contribution < -0.4 is 0 Å². The van der Waals surface area contributed by atoms with Gasteiger partial charge < -0.3 is 15.3 Å². The number of hydrogen-bond acceptors (Lipinski definition) is 3. The number of benzene rings is 2. The van der Waals surface area contributed by atoms with Crippen LogP contribution in [0, 0.1) is 5.41 Å². The SMILES string of the molecule is CC(=O)C(C(=N)c1ccccc1)c1[nH]c2ccccc2c1CCN(C)C. The molecule has 0 bridgehead atoms. The fraction of sp³-hybridized carbons (Fsp3) is 0.273. The number of likely N-dealkylation sites (N-methyl/N-ethyl adjacent to an activating group) is 1. The van der Waals surface area contributed by atoms with Crippen molar-refractivity contribution < 1.29 is 4.79 Å². The van der Waals surface area contributed by atoms with Gasteiger partial charge in [-0.15, -0.1) is 0 Å². The molecule has 4 nitrogen and oxygen atoms in total. The van der Waals surface area contributed by atoms with Crippen molar-refractivity contribution in [1.29, 1.82) is 5.41 Å². The van der Waals surface area contributed by atoms with Crippen molar-refractivity contribution >= 4 is 22.4 Å². The first-order valence-electron chi connectivity index (χ1n) is 8.87. The van der Waals surface area contributed by atoms with Gasteiger partial charge in [0.2, 0.25) is 0 Å². The Labute approximate surface area is 154 Å². The molecule has 0 aliphatic heterocycles. The van der Waals surface area contributed by atoms with Crippen molar-refractivity contribution in [3.05, 3.63) is 71.4 Å². The highest BCUT2D eigenvalue weighted by molar-refractivity contribution is 6.16. The lowest BCUT2D eigenvalue weighted by Crippen LogP contribution is -2.23. The van der Waals surface area contributed by atoms with Crippen LogP contribution in [-0.4, -0.2) is 42.0 Å². The first-order chi connectivity index (χ1) is 12.5. The Morgan fingerprint density at radius 2 is 1.73 bits per heavy atom. The second kappa shape index (κ2) is 7.67. The third-order valence-electron chi connectivity index (χ3n) is 4.72. The summed E-state index contributed by atoms with van der Waals surface area (Å²) in [6.07, 6.45) is 0.832. The highest BCUT2D eigenvalue weighted by atomic mass is 16.1. The molecule has 26 heavy (non-hydrogen) atoms. The van der Waals surface area contributed by atoms with Crippen LogP contribution in [0.5, 0.6) is 0 Å². The molecular formula is C22H25N3O. The molecule has 0 saturated heterocycles. The van der Waals surface area contributed by atoms with E-state index in [0.29, 0.717) is 5.71 Å². The number of aromatic amines is 1. The summed E-state index contributed by atoms with van der Waals surface area (Å²) < 4.78 is 0. The molecule has 134 valence electrons. The van der Waals surface area contributed by atoms with Crippen molar-refractivity contribution in [3.63, 3.8) is 0 Å². The van der Waals surface area contributed by atoms with E-state index in [1.807, 2.05) is 62.6 Å². The van der Waals surface area contributed by atoms with Gasteiger partial charge in [-0.3, -0.25) is 4.79 Å². The number of rotatable bonds is 7. The first-order valence-corrected chi connectivity index (χ1v) is 8.87. The highest BCUT2D eigenvalue weighted by Gasteiger charge is 2.28. The summed E-state index contributed by atoms with van der Waals surface area (Å²) in [6, 6.07) is 17.6. The number of carbonyl (C=O) groups is 1. The van der Waals surface area contributed by atoms with Crippen LogP contribution in [0.1, 0.15) is 29.7 Å². The molecule has 1 aromatic heterocycles. The smallest absolute Gasteiger partial charge is 0.144 e. The maximum absolute atomic E-state index is 12.6. The predicted molar refractivity (Wildman–Crippen MR) is 107 cm³/mol. The molecule has 3 aromatic rings. The standard InChI is InChI=1S/C22H25N3O/c1-15(26)20(21(23)16-9-5-4-6-10-16)22-18(13-14-25(2)3)17-11-7-8-12-19(17)24-22/h4-12,20,23-24H,13-14H2,1-3H3. The maximum Gasteiger partial charge on any atom is 0.144 e. The minimum absolute atomic E-state index is 0.0171. The number of ketones is 1. The Balaban J connectivity index is 2.12. The first kappa shape index (κ1) is 18.1. The van der Waals surface area contributed by atoms with E-state index >= 15 is 0 Å². The number of para-hydroxylation sites is 1. The van der Waals surface area contributed by atoms with Crippen LogP contribution in [0.15, 0.2) is 54.6 Å². The van der Waals surface area contributed by atoms with E-state index in [1.165, 1.54) is 0 Å². The van der Waals surface area contributed by atoms with Crippen molar-refractivity contribution in [2.45, 2.75) is 19.3 Å². The monoisotopic (exact) mass is 347 g/mol. The zero-order valence-corrected chi connectivity index (χ0v) is 15.5. The molecule has 0 radical (unpaired) electrons. The molecule has 0 saturated carbocycles. The van der Waals surface area contributed by atoms with E-state index in [2.05, 4.69) is 16.0 Å². The van der Waals surface area contributed by atoms with Crippen LogP contribution >= 0.6 is 0 Å². The quantitative estimate of drug-likeness (QED) is 0.634. The van der Waals surface area contributed by atoms with Crippen LogP contribution in [-0.2, 0) is 11.2 Å². The van der Waals surface area contributed by atoms with Gasteiger partial charge in [0, 0.05) is 23.1 Å². The number of nitrogens with zero attached hydrogens (tertiary/aromatic N) is 1. The zero-order chi connectivity index (χ0) is 18.7. The van der Waals surface area contributed by atoms with E-state index in [9.17, 15) is 4.79 Å². The van der Waals surface area contributed by atoms with E-state index in [1.54, 1.807) is 6.92 Å². The van der Waals surface area contributed by atoms with Gasteiger partial charge in [0.1, 0.15) is 5.78 Å². The third kappa shape index (κ3) is 3.60. The highest BCUT2D eigenvalue weighted by Crippen LogP contribution is 2.31. The summed E-state index contributed by atoms with van der Waals surface area (Å²) in [7, 11) is 4.09. The van der Waals surface area contributed by atoms with Gasteiger partial charge in [-0.1, -0.05) is 48.5 Å². The summed E-state index contributed by atoms with van der Waals surface area (Å²) in [4.78, 5) is 18.1. The molecule has 0 amide bonds. The molecule has 0 aliphatic rings. The molecule has 0 aliphatic carbocycles. The average Bonchev–Trinajstić information content (AvgIpc) is 2.98. The molecule has 1 unspecified atom stereocenters. The van der Waals surface area contributed by atoms with Crippen molar-refractivity contribution in [1.82, 2.24) is 9.88 Å². The lowest BCUT2D eigenvalue weighted by atomic mass is 9.87. The number of H-pyrrole nitrogens is 1. The van der Waals surface area contributed by atoms with Gasteiger partial charge in [-0.2, -0.15) is 0 Å². The number of nitrogens with one attached hydrogen (secondary N) is 2. The van der Waals surface area contributed by atoms with Gasteiger partial charge in [0.25, 0.3) is 0 Å². The van der Waals surface area contributed by atoms with Gasteiger partial charge in [-0.05, 0) is 44.6 Å². The Kier molecular flexibility index (Phi) is 5.33. The summed E-state index contributed by atoms with van der Waals surface area (Å²) in [5, 5.41) is 9.83. The van der Waals surface area contributed by atoms with Crippen LogP contribution in [0.25, 0.3) is 10.9 Å². The van der Waals surface area contributed by atoms with Crippen LogP contribution in [0.2, 0.25) is 0 Å². The maximum atomic E-state index is 12.6. The molecule has 2 aromatic carbocycles. The Morgan fingerprint density at radius 3 is 2.38 bits per heavy atom. The van der Waals surface area contributed by atoms with E-state index in [0.717, 1.165) is 40.7 Å². The third-order valence-corrected chi connectivity index (χ3v) is 4.72. The fourth-order valence-corrected chi connectivity index (χ4v) is 3.41. The summed E-state index contributed by atoms with van der Waals surface area (Å²) in [6.45, 7) is 2.46. The number of aromatic nitrogens is 1. The van der Waals surface area contributed by atoms with Gasteiger partial charge >= 0.3 is 0 Å². The normalized spacial score (nSPS) is 12.5. The minimum Gasteiger partial charge on any atom is -0.357 e. The number of hydrogen-bond donors (Lipinski definition) is 2. The lowest BCUT2D eigenvalue weighted by Gasteiger charge is -2.18. The van der Waals surface area contributed by atoms with Crippen molar-refractivity contribution in [2.75, 3.05) is 20.6 Å². The molecule has 1 atom stereocenters. The van der Waals surface area contributed by atoms with Gasteiger partial charge in [-0.25, -0.2) is 0 Å². The zero-order valence-electron chi connectivity index (χ0n) is 15.5. The lowest BCUT2D eigenvalue weighted by molar-refractivity contribution is -0.117. The average molecular weight is 347 g/mol. The minimum atomic E-state index is -0.582. The largest absolute Gasteiger partial charge is 0.357 e. The molecule has 2 N–H and O–H groups in total. The summed E-state index contributed by atoms with van der Waals surface area (Å²) in [5.74, 6) is -0.599. The van der Waals surface area contributed by atoms with Crippen molar-refractivity contribution in [3.8, 4) is 0 Å². The molecule has 0 spiro atoms. The predicted octanol–water partition coefficient (Wildman–Crippen LogP) is 4.01. The van der Waals surface area contributed by atoms with E-state index < -0.39 is 5.92 Å². The summed E-state index contributed by atoms with van der Waals surface area (Å²) >= 11 is 0. The van der Waals surface area contributed by atoms with Gasteiger partial charge in [0.05, 0.1) is 11.6 Å². The number of fused-ring (bicyclic) bond motifs is 1. The molecule has 4 heteroatoms. The number of carbonyl (C=O) groups excluding carboxylic acids is 1. The van der Waals surface area contributed by atoms with E-state index in [4.69, 9.17) is 5.41 Å². The fourth-order valence-electron chi connectivity index (χ4n) is 3.41. The van der Waals surface area contributed by atoms with Crippen LogP contribution in [0.3, 0.4) is 0 Å². The molecule has 3 rings (SSSR count). The Hall–Kier alpha value is -2.72. The molecular weight excluding hydrogens is 322 g/mol. The summed E-state index contributed by atoms with van der Waals surface area (Å²) in [5.41, 5.74) is 4.13.